The first-order valence-electron chi connectivity index (χ1n) is 14.6. The minimum Gasteiger partial charge on any atom is -0.309 e. The van der Waals surface area contributed by atoms with E-state index in [1.807, 2.05) is 72.8 Å². The normalized spacial score (nSPS) is 11.3. The first-order chi connectivity index (χ1) is 21.7. The standard InChI is InChI=1S/C40H26FN3/c41-32-24-30(27-19-21-33(22-20-27)44-38-17-9-7-15-34(38)35-16-8-10-18-39(35)44)23-31(25-32)37-26-36(28-11-3-1-4-12-28)42-40(43-37)29-13-5-2-6-14-29/h1-26H. The quantitative estimate of drug-likeness (QED) is 0.207. The summed E-state index contributed by atoms with van der Waals surface area (Å²) in [4.78, 5) is 9.77. The van der Waals surface area contributed by atoms with Crippen molar-refractivity contribution in [2.24, 2.45) is 0 Å². The van der Waals surface area contributed by atoms with E-state index in [2.05, 4.69) is 77.4 Å². The molecule has 8 aromatic rings. The summed E-state index contributed by atoms with van der Waals surface area (Å²) in [6.07, 6.45) is 0. The third kappa shape index (κ3) is 4.63. The van der Waals surface area contributed by atoms with Crippen LogP contribution in [0.5, 0.6) is 0 Å². The zero-order chi connectivity index (χ0) is 29.5. The number of hydrogen-bond donors (Lipinski definition) is 0. The van der Waals surface area contributed by atoms with Crippen molar-refractivity contribution < 1.29 is 4.39 Å². The molecule has 0 saturated carbocycles. The summed E-state index contributed by atoms with van der Waals surface area (Å²) in [6.45, 7) is 0. The van der Waals surface area contributed by atoms with Crippen LogP contribution in [0.4, 0.5) is 4.39 Å². The van der Waals surface area contributed by atoms with Gasteiger partial charge >= 0.3 is 0 Å². The molecular formula is C40H26FN3. The van der Waals surface area contributed by atoms with E-state index in [-0.39, 0.29) is 5.82 Å². The Hall–Kier alpha value is -5.87. The molecule has 2 aromatic heterocycles. The van der Waals surface area contributed by atoms with Gasteiger partial charge in [0, 0.05) is 33.2 Å². The summed E-state index contributed by atoms with van der Waals surface area (Å²) in [5.41, 5.74) is 9.11. The molecule has 8 rings (SSSR count). The van der Waals surface area contributed by atoms with Crippen LogP contribution in [-0.4, -0.2) is 14.5 Å². The molecule has 0 N–H and O–H groups in total. The third-order valence-corrected chi connectivity index (χ3v) is 8.06. The van der Waals surface area contributed by atoms with Crippen LogP contribution in [0.3, 0.4) is 0 Å². The molecule has 0 radical (unpaired) electrons. The maximum Gasteiger partial charge on any atom is 0.160 e. The highest BCUT2D eigenvalue weighted by molar-refractivity contribution is 6.09. The SMILES string of the molecule is Fc1cc(-c2ccc(-n3c4ccccc4c4ccccc43)cc2)cc(-c2cc(-c3ccccc3)nc(-c3ccccc3)n2)c1. The fraction of sp³-hybridized carbons (Fsp3) is 0. The van der Waals surface area contributed by atoms with E-state index in [1.54, 1.807) is 12.1 Å². The molecule has 0 atom stereocenters. The van der Waals surface area contributed by atoms with Crippen molar-refractivity contribution >= 4 is 21.8 Å². The summed E-state index contributed by atoms with van der Waals surface area (Å²) in [6, 6.07) is 52.2. The van der Waals surface area contributed by atoms with E-state index in [0.29, 0.717) is 17.1 Å². The fourth-order valence-corrected chi connectivity index (χ4v) is 5.98. The van der Waals surface area contributed by atoms with Crippen molar-refractivity contribution in [1.29, 1.82) is 0 Å². The van der Waals surface area contributed by atoms with Crippen LogP contribution < -0.4 is 0 Å². The highest BCUT2D eigenvalue weighted by Gasteiger charge is 2.14. The van der Waals surface area contributed by atoms with E-state index in [0.717, 1.165) is 44.7 Å². The summed E-state index contributed by atoms with van der Waals surface area (Å²) < 4.78 is 17.5. The van der Waals surface area contributed by atoms with Crippen molar-refractivity contribution in [3.05, 3.63) is 164 Å². The molecule has 0 aliphatic heterocycles. The zero-order valence-corrected chi connectivity index (χ0v) is 23.7. The van der Waals surface area contributed by atoms with Gasteiger partial charge in [-0.2, -0.15) is 0 Å². The lowest BCUT2D eigenvalue weighted by Gasteiger charge is -2.12. The third-order valence-electron chi connectivity index (χ3n) is 8.06. The molecule has 0 fully saturated rings. The van der Waals surface area contributed by atoms with Gasteiger partial charge in [0.1, 0.15) is 5.82 Å². The second kappa shape index (κ2) is 10.8. The summed E-state index contributed by atoms with van der Waals surface area (Å²) in [7, 11) is 0. The van der Waals surface area contributed by atoms with Crippen molar-refractivity contribution in [2.75, 3.05) is 0 Å². The van der Waals surface area contributed by atoms with Crippen LogP contribution in [0.2, 0.25) is 0 Å². The predicted molar refractivity (Wildman–Crippen MR) is 178 cm³/mol. The van der Waals surface area contributed by atoms with Gasteiger partial charge in [0.2, 0.25) is 0 Å². The maximum atomic E-state index is 15.3. The Balaban J connectivity index is 1.22. The van der Waals surface area contributed by atoms with Gasteiger partial charge in [-0.3, -0.25) is 0 Å². The number of benzene rings is 6. The van der Waals surface area contributed by atoms with Crippen LogP contribution in [0, 0.1) is 5.82 Å². The highest BCUT2D eigenvalue weighted by Crippen LogP contribution is 2.34. The molecule has 0 spiro atoms. The van der Waals surface area contributed by atoms with Gasteiger partial charge in [-0.25, -0.2) is 14.4 Å². The lowest BCUT2D eigenvalue weighted by molar-refractivity contribution is 0.629. The van der Waals surface area contributed by atoms with E-state index in [9.17, 15) is 0 Å². The molecule has 3 nitrogen and oxygen atoms in total. The monoisotopic (exact) mass is 567 g/mol. The fourth-order valence-electron chi connectivity index (χ4n) is 5.98. The van der Waals surface area contributed by atoms with Crippen molar-refractivity contribution in [1.82, 2.24) is 14.5 Å². The van der Waals surface area contributed by atoms with Crippen LogP contribution in [-0.2, 0) is 0 Å². The minimum absolute atomic E-state index is 0.315. The topological polar surface area (TPSA) is 30.7 Å². The molecule has 44 heavy (non-hydrogen) atoms. The van der Waals surface area contributed by atoms with Gasteiger partial charge in [-0.15, -0.1) is 0 Å². The summed E-state index contributed by atoms with van der Waals surface area (Å²) in [5.74, 6) is 0.286. The Labute approximate surface area is 254 Å². The lowest BCUT2D eigenvalue weighted by atomic mass is 10.00. The zero-order valence-electron chi connectivity index (χ0n) is 23.7. The number of fused-ring (bicyclic) bond motifs is 3. The summed E-state index contributed by atoms with van der Waals surface area (Å²) >= 11 is 0. The molecule has 0 unspecified atom stereocenters. The Morgan fingerprint density at radius 2 is 0.932 bits per heavy atom. The first kappa shape index (κ1) is 25.8. The van der Waals surface area contributed by atoms with Gasteiger partial charge < -0.3 is 4.57 Å². The largest absolute Gasteiger partial charge is 0.309 e. The molecule has 0 bridgehead atoms. The average molecular weight is 568 g/mol. The predicted octanol–water partition coefficient (Wildman–Crippen LogP) is 10.4. The average Bonchev–Trinajstić information content (AvgIpc) is 3.43. The molecular weight excluding hydrogens is 541 g/mol. The number of hydrogen-bond acceptors (Lipinski definition) is 2. The van der Waals surface area contributed by atoms with Crippen molar-refractivity contribution in [3.63, 3.8) is 0 Å². The van der Waals surface area contributed by atoms with E-state index in [4.69, 9.17) is 9.97 Å². The molecule has 0 aliphatic rings. The number of para-hydroxylation sites is 2. The number of nitrogens with zero attached hydrogens (tertiary/aromatic N) is 3. The molecule has 4 heteroatoms. The van der Waals surface area contributed by atoms with Crippen molar-refractivity contribution in [2.45, 2.75) is 0 Å². The Kier molecular flexibility index (Phi) is 6.31. The molecule has 0 saturated heterocycles. The second-order valence-electron chi connectivity index (χ2n) is 10.8. The second-order valence-corrected chi connectivity index (χ2v) is 10.8. The van der Waals surface area contributed by atoms with Gasteiger partial charge in [0.15, 0.2) is 5.82 Å². The van der Waals surface area contributed by atoms with Crippen LogP contribution in [0.25, 0.3) is 72.5 Å². The van der Waals surface area contributed by atoms with Gasteiger partial charge in [-0.05, 0) is 59.7 Å². The minimum atomic E-state index is -0.315. The molecule has 0 amide bonds. The number of rotatable bonds is 5. The molecule has 2 heterocycles. The Morgan fingerprint density at radius 1 is 0.409 bits per heavy atom. The van der Waals surface area contributed by atoms with Gasteiger partial charge in [0.25, 0.3) is 0 Å². The molecule has 0 aliphatic carbocycles. The smallest absolute Gasteiger partial charge is 0.160 e. The Bertz CT molecular complexity index is 2160. The van der Waals surface area contributed by atoms with Gasteiger partial charge in [-0.1, -0.05) is 109 Å². The van der Waals surface area contributed by atoms with E-state index >= 15 is 4.39 Å². The van der Waals surface area contributed by atoms with E-state index in [1.165, 1.54) is 10.8 Å². The number of halogens is 1. The lowest BCUT2D eigenvalue weighted by Crippen LogP contribution is -1.96. The Morgan fingerprint density at radius 3 is 1.57 bits per heavy atom. The maximum absolute atomic E-state index is 15.3. The van der Waals surface area contributed by atoms with Crippen LogP contribution >= 0.6 is 0 Å². The molecule has 6 aromatic carbocycles. The van der Waals surface area contributed by atoms with E-state index < -0.39 is 0 Å². The molecule has 208 valence electrons. The van der Waals surface area contributed by atoms with Crippen LogP contribution in [0.1, 0.15) is 0 Å². The summed E-state index contributed by atoms with van der Waals surface area (Å²) in [5, 5.41) is 2.44. The van der Waals surface area contributed by atoms with Crippen LogP contribution in [0.15, 0.2) is 158 Å². The van der Waals surface area contributed by atoms with Gasteiger partial charge in [0.05, 0.1) is 22.4 Å². The van der Waals surface area contributed by atoms with Crippen molar-refractivity contribution in [3.8, 4) is 50.7 Å². The first-order valence-corrected chi connectivity index (χ1v) is 14.6. The highest BCUT2D eigenvalue weighted by atomic mass is 19.1. The number of aromatic nitrogens is 3.